The van der Waals surface area contributed by atoms with E-state index in [0.29, 0.717) is 0 Å². The number of carbonyl (C=O) groups is 1. The molecule has 0 saturated carbocycles. The number of piperidine rings is 1. The summed E-state index contributed by atoms with van der Waals surface area (Å²) in [4.78, 5) is 15.9. The maximum absolute atomic E-state index is 12.6. The van der Waals surface area contributed by atoms with Gasteiger partial charge in [0, 0.05) is 23.7 Å². The van der Waals surface area contributed by atoms with Crippen LogP contribution in [0.1, 0.15) is 40.1 Å². The van der Waals surface area contributed by atoms with Crippen molar-refractivity contribution in [3.63, 3.8) is 0 Å². The number of hydrogen-bond donors (Lipinski definition) is 1. The van der Waals surface area contributed by atoms with Crippen molar-refractivity contribution >= 4 is 34.0 Å². The molecule has 2 aliphatic rings. The van der Waals surface area contributed by atoms with E-state index in [-0.39, 0.29) is 5.91 Å². The maximum Gasteiger partial charge on any atom is 0.257 e. The molecule has 3 nitrogen and oxygen atoms in total. The van der Waals surface area contributed by atoms with Crippen molar-refractivity contribution < 1.29 is 4.79 Å². The Balaban J connectivity index is 1.90. The lowest BCUT2D eigenvalue weighted by Gasteiger charge is -2.27. The Hall–Kier alpha value is -0.680. The van der Waals surface area contributed by atoms with Gasteiger partial charge in [0.05, 0.1) is 10.6 Å². The number of thiophene rings is 1. The van der Waals surface area contributed by atoms with Crippen LogP contribution >= 0.6 is 23.1 Å². The van der Waals surface area contributed by atoms with Gasteiger partial charge in [0.2, 0.25) is 0 Å². The third-order valence-corrected chi connectivity index (χ3v) is 5.93. The lowest BCUT2D eigenvalue weighted by atomic mass is 10.0. The summed E-state index contributed by atoms with van der Waals surface area (Å²) >= 11 is 3.56. The van der Waals surface area contributed by atoms with Crippen LogP contribution in [0.25, 0.3) is 0 Å². The molecule has 5 heteroatoms. The van der Waals surface area contributed by atoms with Crippen molar-refractivity contribution in [2.45, 2.75) is 31.4 Å². The van der Waals surface area contributed by atoms with Crippen LogP contribution in [0.3, 0.4) is 0 Å². The van der Waals surface area contributed by atoms with E-state index in [0.717, 1.165) is 54.4 Å². The summed E-state index contributed by atoms with van der Waals surface area (Å²) in [7, 11) is 0. The topological polar surface area (TPSA) is 46.3 Å². The van der Waals surface area contributed by atoms with Crippen LogP contribution in [-0.4, -0.2) is 29.6 Å². The Morgan fingerprint density at radius 3 is 2.78 bits per heavy atom. The van der Waals surface area contributed by atoms with Crippen molar-refractivity contribution in [2.24, 2.45) is 0 Å². The normalized spacial score (nSPS) is 19.7. The fourth-order valence-electron chi connectivity index (χ4n) is 2.74. The van der Waals surface area contributed by atoms with Crippen LogP contribution in [0, 0.1) is 0 Å². The number of likely N-dealkylation sites (tertiary alicyclic amines) is 1. The fourth-order valence-corrected chi connectivity index (χ4v) is 4.99. The van der Waals surface area contributed by atoms with Crippen molar-refractivity contribution in [1.82, 2.24) is 4.90 Å². The van der Waals surface area contributed by atoms with E-state index in [1.54, 1.807) is 11.3 Å². The number of fused-ring (bicyclic) bond motifs is 1. The SMILES string of the molecule is Nc1sc2c(c1C(=O)N1CCCCC1)CCSC2. The van der Waals surface area contributed by atoms with Gasteiger partial charge in [-0.1, -0.05) is 0 Å². The molecule has 2 N–H and O–H groups in total. The Labute approximate surface area is 116 Å². The van der Waals surface area contributed by atoms with E-state index in [9.17, 15) is 4.79 Å². The molecule has 3 heterocycles. The van der Waals surface area contributed by atoms with Gasteiger partial charge in [0.25, 0.3) is 5.91 Å². The molecule has 1 amide bonds. The van der Waals surface area contributed by atoms with Gasteiger partial charge in [-0.2, -0.15) is 11.8 Å². The lowest BCUT2D eigenvalue weighted by Crippen LogP contribution is -2.36. The van der Waals surface area contributed by atoms with Crippen molar-refractivity contribution in [2.75, 3.05) is 24.6 Å². The van der Waals surface area contributed by atoms with E-state index < -0.39 is 0 Å². The molecule has 0 radical (unpaired) electrons. The molecule has 0 unspecified atom stereocenters. The summed E-state index contributed by atoms with van der Waals surface area (Å²) in [5, 5.41) is 0.734. The van der Waals surface area contributed by atoms with E-state index in [1.165, 1.54) is 16.9 Å². The number of anilines is 1. The third kappa shape index (κ3) is 2.14. The van der Waals surface area contributed by atoms with Crippen molar-refractivity contribution in [3.05, 3.63) is 16.0 Å². The lowest BCUT2D eigenvalue weighted by molar-refractivity contribution is 0.0725. The zero-order chi connectivity index (χ0) is 12.5. The summed E-state index contributed by atoms with van der Waals surface area (Å²) in [6.07, 6.45) is 4.52. The second-order valence-corrected chi connectivity index (χ2v) is 7.14. The number of nitrogen functional groups attached to an aromatic ring is 1. The smallest absolute Gasteiger partial charge is 0.257 e. The number of thioether (sulfide) groups is 1. The highest BCUT2D eigenvalue weighted by atomic mass is 32.2. The summed E-state index contributed by atoms with van der Waals surface area (Å²) < 4.78 is 0. The summed E-state index contributed by atoms with van der Waals surface area (Å²) in [5.74, 6) is 2.32. The Morgan fingerprint density at radius 1 is 1.22 bits per heavy atom. The Morgan fingerprint density at radius 2 is 2.00 bits per heavy atom. The second kappa shape index (κ2) is 5.13. The number of nitrogens with zero attached hydrogens (tertiary/aromatic N) is 1. The van der Waals surface area contributed by atoms with Crippen LogP contribution < -0.4 is 5.73 Å². The maximum atomic E-state index is 12.6. The minimum atomic E-state index is 0.177. The van der Waals surface area contributed by atoms with Crippen LogP contribution in [0.2, 0.25) is 0 Å². The van der Waals surface area contributed by atoms with E-state index in [4.69, 9.17) is 5.73 Å². The molecule has 0 atom stereocenters. The van der Waals surface area contributed by atoms with Gasteiger partial charge >= 0.3 is 0 Å². The second-order valence-electron chi connectivity index (χ2n) is 4.90. The molecule has 3 rings (SSSR count). The Kier molecular flexibility index (Phi) is 3.52. The van der Waals surface area contributed by atoms with Crippen LogP contribution in [-0.2, 0) is 12.2 Å². The number of amides is 1. The van der Waals surface area contributed by atoms with Crippen LogP contribution in [0.5, 0.6) is 0 Å². The van der Waals surface area contributed by atoms with Gasteiger partial charge in [-0.3, -0.25) is 4.79 Å². The monoisotopic (exact) mass is 282 g/mol. The van der Waals surface area contributed by atoms with Crippen LogP contribution in [0.4, 0.5) is 5.00 Å². The molecule has 2 aliphatic heterocycles. The standard InChI is InChI=1S/C13H18N2OS2/c14-12-11(9-4-7-17-8-10(9)18-12)13(16)15-5-2-1-3-6-15/h1-8,14H2. The highest BCUT2D eigenvalue weighted by Crippen LogP contribution is 2.38. The fraction of sp³-hybridized carbons (Fsp3) is 0.615. The van der Waals surface area contributed by atoms with Gasteiger partial charge in [-0.15, -0.1) is 11.3 Å². The molecule has 18 heavy (non-hydrogen) atoms. The van der Waals surface area contributed by atoms with E-state index in [1.807, 2.05) is 16.7 Å². The van der Waals surface area contributed by atoms with Crippen LogP contribution in [0.15, 0.2) is 0 Å². The van der Waals surface area contributed by atoms with Crippen molar-refractivity contribution in [3.8, 4) is 0 Å². The van der Waals surface area contributed by atoms with Gasteiger partial charge in [0.1, 0.15) is 0 Å². The third-order valence-electron chi connectivity index (χ3n) is 3.70. The molecule has 1 aromatic heterocycles. The number of nitrogens with two attached hydrogens (primary N) is 1. The highest BCUT2D eigenvalue weighted by Gasteiger charge is 2.28. The zero-order valence-corrected chi connectivity index (χ0v) is 12.0. The average Bonchev–Trinajstić information content (AvgIpc) is 2.75. The summed E-state index contributed by atoms with van der Waals surface area (Å²) in [6, 6.07) is 0. The van der Waals surface area contributed by atoms with Gasteiger partial charge < -0.3 is 10.6 Å². The average molecular weight is 282 g/mol. The largest absolute Gasteiger partial charge is 0.390 e. The van der Waals surface area contributed by atoms with Gasteiger partial charge in [0.15, 0.2) is 0 Å². The van der Waals surface area contributed by atoms with Gasteiger partial charge in [-0.25, -0.2) is 0 Å². The van der Waals surface area contributed by atoms with Crippen molar-refractivity contribution in [1.29, 1.82) is 0 Å². The first-order valence-corrected chi connectivity index (χ1v) is 8.51. The first-order valence-electron chi connectivity index (χ1n) is 6.54. The Bertz CT molecular complexity index is 464. The predicted molar refractivity (Wildman–Crippen MR) is 78.4 cm³/mol. The summed E-state index contributed by atoms with van der Waals surface area (Å²) in [5.41, 5.74) is 8.16. The predicted octanol–water partition coefficient (Wildman–Crippen LogP) is 2.75. The number of rotatable bonds is 1. The minimum absolute atomic E-state index is 0.177. The summed E-state index contributed by atoms with van der Waals surface area (Å²) in [6.45, 7) is 1.80. The van der Waals surface area contributed by atoms with E-state index in [2.05, 4.69) is 0 Å². The molecule has 1 saturated heterocycles. The molecular weight excluding hydrogens is 264 g/mol. The number of hydrogen-bond acceptors (Lipinski definition) is 4. The molecule has 0 spiro atoms. The first-order chi connectivity index (χ1) is 8.77. The first kappa shape index (κ1) is 12.4. The quantitative estimate of drug-likeness (QED) is 0.861. The minimum Gasteiger partial charge on any atom is -0.390 e. The molecule has 98 valence electrons. The number of carbonyl (C=O) groups excluding carboxylic acids is 1. The zero-order valence-electron chi connectivity index (χ0n) is 10.4. The van der Waals surface area contributed by atoms with Gasteiger partial charge in [-0.05, 0) is 37.0 Å². The molecule has 1 aromatic rings. The molecular formula is C13H18N2OS2. The molecule has 0 bridgehead atoms. The molecule has 0 aliphatic carbocycles. The molecule has 0 aromatic carbocycles. The highest BCUT2D eigenvalue weighted by molar-refractivity contribution is 7.98. The molecule has 1 fully saturated rings. The van der Waals surface area contributed by atoms with E-state index >= 15 is 0 Å².